The third-order valence-electron chi connectivity index (χ3n) is 2.02. The fourth-order valence-corrected chi connectivity index (χ4v) is 2.56. The van der Waals surface area contributed by atoms with E-state index in [9.17, 15) is 4.57 Å². The molecule has 2 heteroatoms. The highest BCUT2D eigenvalue weighted by atomic mass is 31.1. The summed E-state index contributed by atoms with van der Waals surface area (Å²) in [6.07, 6.45) is 9.22. The van der Waals surface area contributed by atoms with Crippen LogP contribution in [0.4, 0.5) is 0 Å². The second kappa shape index (κ2) is 9.19. The van der Waals surface area contributed by atoms with Crippen LogP contribution in [0.3, 0.4) is 0 Å². The predicted molar refractivity (Wildman–Crippen MR) is 56.4 cm³/mol. The minimum Gasteiger partial charge on any atom is -0.0748 e. The van der Waals surface area contributed by atoms with Crippen LogP contribution in [-0.2, 0) is 4.57 Å². The molecule has 0 aliphatic rings. The van der Waals surface area contributed by atoms with Crippen molar-refractivity contribution in [1.29, 1.82) is 0 Å². The Bertz CT molecular complexity index is 100. The van der Waals surface area contributed by atoms with Gasteiger partial charge in [0.15, 0.2) is 0 Å². The lowest BCUT2D eigenvalue weighted by atomic mass is 10.3. The Balaban J connectivity index is 3.10. The molecule has 0 unspecified atom stereocenters. The van der Waals surface area contributed by atoms with Gasteiger partial charge in [-0.3, -0.25) is 0 Å². The Hall–Kier alpha value is 0.100. The van der Waals surface area contributed by atoms with Crippen LogP contribution >= 0.6 is 7.80 Å². The topological polar surface area (TPSA) is 17.1 Å². The molecule has 0 atom stereocenters. The summed E-state index contributed by atoms with van der Waals surface area (Å²) in [6.45, 7) is 4.37. The SMILES string of the molecule is CCCCC[P+](=O)CCCCC. The molecular weight excluding hydrogens is 167 g/mol. The van der Waals surface area contributed by atoms with E-state index in [4.69, 9.17) is 0 Å². The van der Waals surface area contributed by atoms with Crippen molar-refractivity contribution in [1.82, 2.24) is 0 Å². The molecule has 0 bridgehead atoms. The summed E-state index contributed by atoms with van der Waals surface area (Å²) in [5, 5.41) is 0. The van der Waals surface area contributed by atoms with Crippen molar-refractivity contribution in [2.24, 2.45) is 0 Å². The van der Waals surface area contributed by atoms with Gasteiger partial charge in [-0.25, -0.2) is 0 Å². The van der Waals surface area contributed by atoms with Gasteiger partial charge >= 0.3 is 7.80 Å². The predicted octanol–water partition coefficient (Wildman–Crippen LogP) is 4.19. The van der Waals surface area contributed by atoms with Crippen LogP contribution in [0.5, 0.6) is 0 Å². The van der Waals surface area contributed by atoms with Gasteiger partial charge in [-0.2, -0.15) is 0 Å². The van der Waals surface area contributed by atoms with Crippen LogP contribution in [0.25, 0.3) is 0 Å². The number of hydrogen-bond donors (Lipinski definition) is 0. The lowest BCUT2D eigenvalue weighted by Crippen LogP contribution is -1.84. The molecule has 0 radical (unpaired) electrons. The van der Waals surface area contributed by atoms with Crippen LogP contribution in [0.1, 0.15) is 52.4 Å². The van der Waals surface area contributed by atoms with Crippen LogP contribution in [0.15, 0.2) is 0 Å². The van der Waals surface area contributed by atoms with Gasteiger partial charge in [0.25, 0.3) is 0 Å². The molecule has 0 aromatic rings. The van der Waals surface area contributed by atoms with E-state index in [0.717, 1.165) is 25.2 Å². The Morgan fingerprint density at radius 2 is 1.25 bits per heavy atom. The highest BCUT2D eigenvalue weighted by molar-refractivity contribution is 7.44. The third kappa shape index (κ3) is 8.20. The molecule has 0 spiro atoms. The fourth-order valence-electron chi connectivity index (χ4n) is 1.19. The molecule has 0 aliphatic carbocycles. The summed E-state index contributed by atoms with van der Waals surface area (Å²) < 4.78 is 11.3. The van der Waals surface area contributed by atoms with Crippen molar-refractivity contribution in [2.75, 3.05) is 12.3 Å². The van der Waals surface area contributed by atoms with Gasteiger partial charge in [0, 0.05) is 0 Å². The standard InChI is InChI=1S/C10H22OP/c1-3-5-7-9-12(11)10-8-6-4-2/h3-10H2,1-2H3/q+1. The van der Waals surface area contributed by atoms with Crippen LogP contribution < -0.4 is 0 Å². The molecule has 0 aromatic heterocycles. The molecule has 0 saturated heterocycles. The first-order chi connectivity index (χ1) is 5.81. The summed E-state index contributed by atoms with van der Waals surface area (Å²) in [6, 6.07) is 0. The summed E-state index contributed by atoms with van der Waals surface area (Å²) in [4.78, 5) is 0. The largest absolute Gasteiger partial charge is 0.338 e. The first-order valence-electron chi connectivity index (χ1n) is 5.23. The van der Waals surface area contributed by atoms with Gasteiger partial charge in [0.05, 0.1) is 0 Å². The molecule has 0 fully saturated rings. The minimum atomic E-state index is -0.854. The fraction of sp³-hybridized carbons (Fsp3) is 1.00. The van der Waals surface area contributed by atoms with Gasteiger partial charge in [-0.15, -0.1) is 0 Å². The molecule has 0 amide bonds. The van der Waals surface area contributed by atoms with E-state index in [-0.39, 0.29) is 0 Å². The van der Waals surface area contributed by atoms with Crippen LogP contribution in [0.2, 0.25) is 0 Å². The molecule has 0 heterocycles. The average molecular weight is 189 g/mol. The van der Waals surface area contributed by atoms with E-state index >= 15 is 0 Å². The molecule has 0 N–H and O–H groups in total. The third-order valence-corrected chi connectivity index (χ3v) is 3.65. The van der Waals surface area contributed by atoms with Crippen molar-refractivity contribution >= 4 is 7.80 Å². The van der Waals surface area contributed by atoms with Crippen molar-refractivity contribution < 1.29 is 4.57 Å². The summed E-state index contributed by atoms with van der Waals surface area (Å²) in [7, 11) is -0.854. The molecule has 1 nitrogen and oxygen atoms in total. The van der Waals surface area contributed by atoms with E-state index in [1.54, 1.807) is 0 Å². The first-order valence-corrected chi connectivity index (χ1v) is 6.86. The zero-order valence-electron chi connectivity index (χ0n) is 8.51. The maximum Gasteiger partial charge on any atom is 0.338 e. The van der Waals surface area contributed by atoms with E-state index in [0.29, 0.717) is 0 Å². The van der Waals surface area contributed by atoms with E-state index < -0.39 is 7.80 Å². The summed E-state index contributed by atoms with van der Waals surface area (Å²) in [5.41, 5.74) is 0. The quantitative estimate of drug-likeness (QED) is 0.413. The second-order valence-corrected chi connectivity index (χ2v) is 5.20. The monoisotopic (exact) mass is 189 g/mol. The van der Waals surface area contributed by atoms with E-state index in [1.807, 2.05) is 0 Å². The molecular formula is C10H22OP+. The highest BCUT2D eigenvalue weighted by Gasteiger charge is 2.12. The van der Waals surface area contributed by atoms with Gasteiger partial charge in [0.2, 0.25) is 0 Å². The minimum absolute atomic E-state index is 0.854. The maximum absolute atomic E-state index is 11.3. The second-order valence-electron chi connectivity index (χ2n) is 3.34. The van der Waals surface area contributed by atoms with Crippen molar-refractivity contribution in [3.05, 3.63) is 0 Å². The normalized spacial score (nSPS) is 10.2. The molecule has 72 valence electrons. The number of hydrogen-bond acceptors (Lipinski definition) is 1. The Kier molecular flexibility index (Phi) is 9.27. The zero-order valence-corrected chi connectivity index (χ0v) is 9.41. The van der Waals surface area contributed by atoms with Gasteiger partial charge in [-0.05, 0) is 25.7 Å². The Labute approximate surface area is 77.7 Å². The summed E-state index contributed by atoms with van der Waals surface area (Å²) >= 11 is 0. The number of unbranched alkanes of at least 4 members (excludes halogenated alkanes) is 4. The van der Waals surface area contributed by atoms with E-state index in [1.165, 1.54) is 25.7 Å². The van der Waals surface area contributed by atoms with Crippen LogP contribution in [-0.4, -0.2) is 12.3 Å². The summed E-state index contributed by atoms with van der Waals surface area (Å²) in [5.74, 6) is 0. The van der Waals surface area contributed by atoms with Gasteiger partial charge < -0.3 is 0 Å². The molecule has 12 heavy (non-hydrogen) atoms. The van der Waals surface area contributed by atoms with Gasteiger partial charge in [-0.1, -0.05) is 31.3 Å². The zero-order chi connectivity index (χ0) is 9.23. The van der Waals surface area contributed by atoms with Crippen molar-refractivity contribution in [2.45, 2.75) is 52.4 Å². The van der Waals surface area contributed by atoms with E-state index in [2.05, 4.69) is 13.8 Å². The Morgan fingerprint density at radius 3 is 1.58 bits per heavy atom. The van der Waals surface area contributed by atoms with Gasteiger partial charge in [0.1, 0.15) is 12.3 Å². The lowest BCUT2D eigenvalue weighted by Gasteiger charge is -1.90. The number of rotatable bonds is 8. The average Bonchev–Trinajstić information content (AvgIpc) is 2.06. The maximum atomic E-state index is 11.3. The lowest BCUT2D eigenvalue weighted by molar-refractivity contribution is 0.582. The molecule has 0 saturated carbocycles. The first kappa shape index (κ1) is 12.1. The Morgan fingerprint density at radius 1 is 0.833 bits per heavy atom. The molecule has 0 aromatic carbocycles. The smallest absolute Gasteiger partial charge is 0.0748 e. The molecule has 0 rings (SSSR count). The highest BCUT2D eigenvalue weighted by Crippen LogP contribution is 2.24. The van der Waals surface area contributed by atoms with Crippen molar-refractivity contribution in [3.8, 4) is 0 Å². The molecule has 0 aliphatic heterocycles. The van der Waals surface area contributed by atoms with Crippen LogP contribution in [0, 0.1) is 0 Å². The van der Waals surface area contributed by atoms with Crippen molar-refractivity contribution in [3.63, 3.8) is 0 Å².